The highest BCUT2D eigenvalue weighted by atomic mass is 19.4. The van der Waals surface area contributed by atoms with E-state index in [-0.39, 0.29) is 5.95 Å². The number of halogens is 3. The Bertz CT molecular complexity index is 789. The zero-order valence-corrected chi connectivity index (χ0v) is 14.9. The summed E-state index contributed by atoms with van der Waals surface area (Å²) in [6, 6.07) is 0.933. The van der Waals surface area contributed by atoms with Crippen LogP contribution in [0.2, 0.25) is 0 Å². The van der Waals surface area contributed by atoms with Gasteiger partial charge < -0.3 is 15.0 Å². The molecule has 148 valence electrons. The largest absolute Gasteiger partial charge is 0.424 e. The predicted octanol–water partition coefficient (Wildman–Crippen LogP) is 1.29. The Morgan fingerprint density at radius 3 is 2.41 bits per heavy atom. The van der Waals surface area contributed by atoms with Crippen LogP contribution in [0.1, 0.15) is 23.6 Å². The van der Waals surface area contributed by atoms with Crippen molar-refractivity contribution in [1.82, 2.24) is 30.3 Å². The number of aromatic nitrogens is 4. The molecule has 27 heavy (non-hydrogen) atoms. The van der Waals surface area contributed by atoms with Crippen LogP contribution < -0.4 is 16.2 Å². The van der Waals surface area contributed by atoms with Crippen molar-refractivity contribution in [3.8, 4) is 0 Å². The van der Waals surface area contributed by atoms with Crippen LogP contribution in [0.15, 0.2) is 18.5 Å². The van der Waals surface area contributed by atoms with E-state index in [4.69, 9.17) is 0 Å². The summed E-state index contributed by atoms with van der Waals surface area (Å²) in [5, 5.41) is 12.4. The number of alkyl halides is 3. The molecule has 0 aliphatic rings. The smallest absolute Gasteiger partial charge is 0.374 e. The topological polar surface area (TPSA) is 117 Å². The number of aryl methyl sites for hydroxylation is 3. The standard InChI is InChI=1S/C15H20F3N7O2/c1-9-8-10(2)22-12(21-9)23-24-13(26)20-5-4-14(27,15(16,17)18)11-19-6-7-25(11)3/h6-8,27H,4-5H2,1-3H3,(H2,20,24,26)(H,21,22,23)/t14-/m1/s1. The Morgan fingerprint density at radius 1 is 1.26 bits per heavy atom. The zero-order chi connectivity index (χ0) is 20.2. The van der Waals surface area contributed by atoms with Gasteiger partial charge in [0.2, 0.25) is 11.5 Å². The summed E-state index contributed by atoms with van der Waals surface area (Å²) in [5.74, 6) is -0.415. The number of hydrogen-bond donors (Lipinski definition) is 4. The van der Waals surface area contributed by atoms with Crippen molar-refractivity contribution in [2.45, 2.75) is 32.0 Å². The summed E-state index contributed by atoms with van der Waals surface area (Å²) in [6.07, 6.45) is -3.33. The average molecular weight is 387 g/mol. The Balaban J connectivity index is 1.93. The van der Waals surface area contributed by atoms with Gasteiger partial charge in [-0.2, -0.15) is 13.2 Å². The number of nitrogens with zero attached hydrogens (tertiary/aromatic N) is 4. The van der Waals surface area contributed by atoms with E-state index in [1.165, 1.54) is 13.2 Å². The molecule has 4 N–H and O–H groups in total. The molecular formula is C15H20F3N7O2. The summed E-state index contributed by atoms with van der Waals surface area (Å²) in [5.41, 5.74) is 2.84. The van der Waals surface area contributed by atoms with Crippen LogP contribution in [-0.4, -0.2) is 43.4 Å². The van der Waals surface area contributed by atoms with Crippen molar-refractivity contribution in [1.29, 1.82) is 0 Å². The quantitative estimate of drug-likeness (QED) is 0.555. The van der Waals surface area contributed by atoms with Crippen molar-refractivity contribution in [3.63, 3.8) is 0 Å². The molecule has 0 spiro atoms. The minimum Gasteiger partial charge on any atom is -0.374 e. The molecule has 0 aliphatic heterocycles. The Kier molecular flexibility index (Phi) is 5.88. The summed E-state index contributed by atoms with van der Waals surface area (Å²) < 4.78 is 41.1. The second-order valence-electron chi connectivity index (χ2n) is 5.95. The number of nitrogens with one attached hydrogen (secondary N) is 3. The van der Waals surface area contributed by atoms with Gasteiger partial charge in [0.1, 0.15) is 5.82 Å². The highest BCUT2D eigenvalue weighted by molar-refractivity contribution is 5.74. The lowest BCUT2D eigenvalue weighted by atomic mass is 9.97. The number of rotatable bonds is 6. The van der Waals surface area contributed by atoms with Gasteiger partial charge in [-0.15, -0.1) is 0 Å². The molecule has 0 bridgehead atoms. The fourth-order valence-electron chi connectivity index (χ4n) is 2.44. The van der Waals surface area contributed by atoms with Crippen LogP contribution in [0.25, 0.3) is 0 Å². The number of anilines is 1. The number of hydrogen-bond acceptors (Lipinski definition) is 6. The highest BCUT2D eigenvalue weighted by Gasteiger charge is 2.57. The van der Waals surface area contributed by atoms with Crippen LogP contribution in [0, 0.1) is 13.8 Å². The second kappa shape index (κ2) is 7.78. The maximum absolute atomic E-state index is 13.4. The zero-order valence-electron chi connectivity index (χ0n) is 14.9. The lowest BCUT2D eigenvalue weighted by Gasteiger charge is -2.29. The van der Waals surface area contributed by atoms with E-state index in [0.29, 0.717) is 11.4 Å². The second-order valence-corrected chi connectivity index (χ2v) is 5.95. The van der Waals surface area contributed by atoms with Crippen LogP contribution in [-0.2, 0) is 12.6 Å². The molecule has 9 nitrogen and oxygen atoms in total. The van der Waals surface area contributed by atoms with Gasteiger partial charge in [0.05, 0.1) is 0 Å². The molecule has 0 aliphatic carbocycles. The first kappa shape index (κ1) is 20.4. The molecule has 1 atom stereocenters. The SMILES string of the molecule is Cc1cc(C)nc(NNC(=O)NCC[C@@](O)(c2nccn2C)C(F)(F)F)n1. The van der Waals surface area contributed by atoms with Gasteiger partial charge in [0.25, 0.3) is 0 Å². The Hall–Kier alpha value is -2.89. The molecule has 0 saturated heterocycles. The summed E-state index contributed by atoms with van der Waals surface area (Å²) in [4.78, 5) is 23.4. The lowest BCUT2D eigenvalue weighted by Crippen LogP contribution is -2.48. The molecule has 2 rings (SSSR count). The first-order chi connectivity index (χ1) is 12.5. The van der Waals surface area contributed by atoms with E-state index in [0.717, 1.165) is 10.8 Å². The average Bonchev–Trinajstić information content (AvgIpc) is 2.97. The predicted molar refractivity (Wildman–Crippen MR) is 89.4 cm³/mol. The normalized spacial score (nSPS) is 13.7. The lowest BCUT2D eigenvalue weighted by molar-refractivity contribution is -0.272. The van der Waals surface area contributed by atoms with Gasteiger partial charge in [0.15, 0.2) is 0 Å². The molecule has 2 amide bonds. The molecular weight excluding hydrogens is 367 g/mol. The monoisotopic (exact) mass is 387 g/mol. The van der Waals surface area contributed by atoms with Gasteiger partial charge in [-0.1, -0.05) is 0 Å². The van der Waals surface area contributed by atoms with E-state index >= 15 is 0 Å². The highest BCUT2D eigenvalue weighted by Crippen LogP contribution is 2.40. The van der Waals surface area contributed by atoms with Crippen molar-refractivity contribution >= 4 is 12.0 Å². The van der Waals surface area contributed by atoms with E-state index in [9.17, 15) is 23.1 Å². The van der Waals surface area contributed by atoms with E-state index in [2.05, 4.69) is 31.1 Å². The van der Waals surface area contributed by atoms with Gasteiger partial charge in [-0.3, -0.25) is 5.43 Å². The number of amides is 2. The number of carbonyl (C=O) groups is 1. The van der Waals surface area contributed by atoms with Gasteiger partial charge >= 0.3 is 12.2 Å². The maximum Gasteiger partial charge on any atom is 0.424 e. The number of aliphatic hydroxyl groups is 1. The van der Waals surface area contributed by atoms with Crippen molar-refractivity contribution in [3.05, 3.63) is 35.7 Å². The molecule has 2 aromatic rings. The molecule has 0 aromatic carbocycles. The molecule has 12 heteroatoms. The minimum absolute atomic E-state index is 0.141. The van der Waals surface area contributed by atoms with Crippen LogP contribution in [0.4, 0.5) is 23.9 Å². The summed E-state index contributed by atoms with van der Waals surface area (Å²) in [6.45, 7) is 3.04. The number of hydrazine groups is 1. The fraction of sp³-hybridized carbons (Fsp3) is 0.467. The molecule has 0 saturated carbocycles. The Labute approximate surface area is 153 Å². The first-order valence-corrected chi connectivity index (χ1v) is 7.92. The van der Waals surface area contributed by atoms with Crippen molar-refractivity contribution < 1.29 is 23.1 Å². The maximum atomic E-state index is 13.4. The molecule has 0 fully saturated rings. The van der Waals surface area contributed by atoms with Gasteiger partial charge in [-0.25, -0.2) is 25.2 Å². The van der Waals surface area contributed by atoms with Gasteiger partial charge in [0, 0.05) is 43.8 Å². The third-order valence-electron chi connectivity index (χ3n) is 3.70. The van der Waals surface area contributed by atoms with Crippen molar-refractivity contribution in [2.75, 3.05) is 12.0 Å². The minimum atomic E-state index is -4.96. The van der Waals surface area contributed by atoms with E-state index < -0.39 is 36.6 Å². The van der Waals surface area contributed by atoms with E-state index in [1.807, 2.05) is 0 Å². The van der Waals surface area contributed by atoms with Crippen LogP contribution >= 0.6 is 0 Å². The Morgan fingerprint density at radius 2 is 1.89 bits per heavy atom. The van der Waals surface area contributed by atoms with Crippen LogP contribution in [0.3, 0.4) is 0 Å². The van der Waals surface area contributed by atoms with Crippen molar-refractivity contribution in [2.24, 2.45) is 7.05 Å². The number of carbonyl (C=O) groups excluding carboxylic acids is 1. The molecule has 0 radical (unpaired) electrons. The van der Waals surface area contributed by atoms with Crippen LogP contribution in [0.5, 0.6) is 0 Å². The third kappa shape index (κ3) is 4.84. The number of imidazole rings is 1. The van der Waals surface area contributed by atoms with E-state index in [1.54, 1.807) is 19.9 Å². The van der Waals surface area contributed by atoms with Gasteiger partial charge in [-0.05, 0) is 19.9 Å². The molecule has 2 aromatic heterocycles. The third-order valence-corrected chi connectivity index (χ3v) is 3.70. The molecule has 0 unspecified atom stereocenters. The number of urea groups is 1. The molecule has 2 heterocycles. The summed E-state index contributed by atoms with van der Waals surface area (Å²) in [7, 11) is 1.34. The first-order valence-electron chi connectivity index (χ1n) is 7.92. The summed E-state index contributed by atoms with van der Waals surface area (Å²) >= 11 is 0. The fourth-order valence-corrected chi connectivity index (χ4v) is 2.44.